The second-order valence-corrected chi connectivity index (χ2v) is 10.8. The molecule has 0 saturated carbocycles. The molecule has 168 valence electrons. The van der Waals surface area contributed by atoms with Crippen LogP contribution in [0.25, 0.3) is 0 Å². The van der Waals surface area contributed by atoms with Gasteiger partial charge in [-0.15, -0.1) is 0 Å². The van der Waals surface area contributed by atoms with Gasteiger partial charge in [0.05, 0.1) is 13.2 Å². The average Bonchev–Trinajstić information content (AvgIpc) is 3.31. The van der Waals surface area contributed by atoms with Crippen molar-refractivity contribution in [1.82, 2.24) is 19.5 Å². The number of carbonyl (C=O) groups is 1. The molecule has 0 radical (unpaired) electrons. The van der Waals surface area contributed by atoms with Crippen LogP contribution in [0, 0.1) is 0 Å². The van der Waals surface area contributed by atoms with Crippen molar-refractivity contribution >= 4 is 27.7 Å². The number of morpholine rings is 1. The Labute approximate surface area is 187 Å². The lowest BCUT2D eigenvalue weighted by atomic mass is 10.1. The van der Waals surface area contributed by atoms with E-state index in [-0.39, 0.29) is 16.5 Å². The van der Waals surface area contributed by atoms with Crippen molar-refractivity contribution in [2.24, 2.45) is 0 Å². The van der Waals surface area contributed by atoms with E-state index in [1.54, 1.807) is 11.8 Å². The van der Waals surface area contributed by atoms with Crippen molar-refractivity contribution in [2.45, 2.75) is 18.0 Å². The molecule has 1 amide bonds. The molecule has 8 nitrogen and oxygen atoms in total. The molecular weight excluding hydrogens is 436 g/mol. The number of nitrogens with zero attached hydrogens (tertiary/aromatic N) is 2. The summed E-state index contributed by atoms with van der Waals surface area (Å²) in [6.07, 6.45) is 1.40. The number of nitrogens with one attached hydrogen (secondary N) is 2. The van der Waals surface area contributed by atoms with Crippen molar-refractivity contribution in [3.63, 3.8) is 0 Å². The molecule has 4 rings (SSSR count). The fraction of sp³-hybridized carbons (Fsp3) is 0.476. The van der Waals surface area contributed by atoms with Crippen LogP contribution < -0.4 is 5.32 Å². The number of thioether (sulfide) groups is 1. The number of carbonyl (C=O) groups excluding carboxylic acids is 1. The van der Waals surface area contributed by atoms with E-state index in [1.807, 2.05) is 18.2 Å². The second-order valence-electron chi connectivity index (χ2n) is 7.61. The molecule has 1 aromatic carbocycles. The molecule has 10 heteroatoms. The molecule has 2 aliphatic heterocycles. The molecule has 2 aliphatic rings. The average molecular weight is 465 g/mol. The predicted octanol–water partition coefficient (Wildman–Crippen LogP) is 1.51. The number of hydrogen-bond acceptors (Lipinski definition) is 6. The van der Waals surface area contributed by atoms with Crippen LogP contribution in [0.15, 0.2) is 41.4 Å². The van der Waals surface area contributed by atoms with Crippen LogP contribution in [0.2, 0.25) is 0 Å². The van der Waals surface area contributed by atoms with Gasteiger partial charge in [0.25, 0.3) is 5.91 Å². The first kappa shape index (κ1) is 22.3. The number of rotatable bonds is 7. The van der Waals surface area contributed by atoms with Gasteiger partial charge in [0.15, 0.2) is 0 Å². The van der Waals surface area contributed by atoms with Gasteiger partial charge in [0.2, 0.25) is 10.0 Å². The minimum atomic E-state index is -3.57. The van der Waals surface area contributed by atoms with Gasteiger partial charge in [-0.1, -0.05) is 24.3 Å². The summed E-state index contributed by atoms with van der Waals surface area (Å²) in [4.78, 5) is 18.0. The summed E-state index contributed by atoms with van der Waals surface area (Å²) in [5.74, 6) is 1.26. The first-order valence-electron chi connectivity index (χ1n) is 10.5. The van der Waals surface area contributed by atoms with E-state index in [2.05, 4.69) is 21.3 Å². The van der Waals surface area contributed by atoms with Crippen molar-refractivity contribution in [1.29, 1.82) is 0 Å². The summed E-state index contributed by atoms with van der Waals surface area (Å²) >= 11 is 1.75. The molecule has 0 bridgehead atoms. The van der Waals surface area contributed by atoms with E-state index in [1.165, 1.54) is 22.1 Å². The van der Waals surface area contributed by atoms with Crippen LogP contribution in [0.3, 0.4) is 0 Å². The van der Waals surface area contributed by atoms with E-state index in [4.69, 9.17) is 4.74 Å². The van der Waals surface area contributed by atoms with Gasteiger partial charge in [-0.2, -0.15) is 16.1 Å². The quantitative estimate of drug-likeness (QED) is 0.645. The third kappa shape index (κ3) is 5.50. The minimum Gasteiger partial charge on any atom is -0.379 e. The highest BCUT2D eigenvalue weighted by Crippen LogP contribution is 2.21. The predicted molar refractivity (Wildman–Crippen MR) is 121 cm³/mol. The highest BCUT2D eigenvalue weighted by molar-refractivity contribution is 7.99. The molecule has 2 N–H and O–H groups in total. The zero-order valence-electron chi connectivity index (χ0n) is 17.4. The Hall–Kier alpha value is -1.85. The van der Waals surface area contributed by atoms with Gasteiger partial charge in [-0.3, -0.25) is 9.69 Å². The third-order valence-electron chi connectivity index (χ3n) is 5.56. The SMILES string of the molecule is O=C(NCc1ccccc1CN1CCOCC1)c1cc(S(=O)(=O)N2CCSCC2)c[nH]1. The number of hydrogen-bond donors (Lipinski definition) is 2. The monoisotopic (exact) mass is 464 g/mol. The molecule has 2 saturated heterocycles. The fourth-order valence-corrected chi connectivity index (χ4v) is 6.32. The Morgan fingerprint density at radius 1 is 1.10 bits per heavy atom. The number of aromatic amines is 1. The Kier molecular flexibility index (Phi) is 7.34. The van der Waals surface area contributed by atoms with Crippen LogP contribution in [0.4, 0.5) is 0 Å². The summed E-state index contributed by atoms with van der Waals surface area (Å²) in [5.41, 5.74) is 2.46. The molecule has 1 aromatic heterocycles. The Bertz CT molecular complexity index is 996. The van der Waals surface area contributed by atoms with E-state index in [0.717, 1.165) is 49.9 Å². The van der Waals surface area contributed by atoms with Crippen LogP contribution >= 0.6 is 11.8 Å². The number of ether oxygens (including phenoxy) is 1. The van der Waals surface area contributed by atoms with Crippen LogP contribution in [0.5, 0.6) is 0 Å². The number of benzene rings is 1. The van der Waals surface area contributed by atoms with Gasteiger partial charge in [-0.05, 0) is 17.2 Å². The minimum absolute atomic E-state index is 0.136. The first-order chi connectivity index (χ1) is 15.0. The van der Waals surface area contributed by atoms with Crippen LogP contribution in [-0.2, 0) is 27.8 Å². The maximum Gasteiger partial charge on any atom is 0.268 e. The standard InChI is InChI=1S/C21H28N4O4S2/c26-21(20-13-19(15-22-20)31(27,28)25-7-11-30-12-8-25)23-14-17-3-1-2-4-18(17)16-24-5-9-29-10-6-24/h1-4,13,15,22H,5-12,14,16H2,(H,23,26). The summed E-state index contributed by atoms with van der Waals surface area (Å²) in [6.45, 7) is 5.48. The number of aromatic nitrogens is 1. The van der Waals surface area contributed by atoms with E-state index in [0.29, 0.717) is 19.6 Å². The molecule has 2 fully saturated rings. The molecule has 0 spiro atoms. The van der Waals surface area contributed by atoms with Crippen LogP contribution in [-0.4, -0.2) is 79.4 Å². The molecule has 3 heterocycles. The lowest BCUT2D eigenvalue weighted by Gasteiger charge is -2.27. The van der Waals surface area contributed by atoms with Gasteiger partial charge < -0.3 is 15.0 Å². The number of amides is 1. The highest BCUT2D eigenvalue weighted by atomic mass is 32.2. The van der Waals surface area contributed by atoms with Gasteiger partial charge in [0.1, 0.15) is 10.6 Å². The fourth-order valence-electron chi connectivity index (χ4n) is 3.75. The third-order valence-corrected chi connectivity index (χ3v) is 8.38. The van der Waals surface area contributed by atoms with Gasteiger partial charge in [0, 0.05) is 57.0 Å². The molecular formula is C21H28N4O4S2. The molecule has 0 aliphatic carbocycles. The second kappa shape index (κ2) is 10.2. The van der Waals surface area contributed by atoms with Gasteiger partial charge in [-0.25, -0.2) is 8.42 Å². The summed E-state index contributed by atoms with van der Waals surface area (Å²) in [5, 5.41) is 2.91. The summed E-state index contributed by atoms with van der Waals surface area (Å²) in [6, 6.07) is 9.47. The van der Waals surface area contributed by atoms with E-state index < -0.39 is 10.0 Å². The zero-order valence-corrected chi connectivity index (χ0v) is 19.0. The first-order valence-corrected chi connectivity index (χ1v) is 13.0. The molecule has 2 aromatic rings. The molecule has 0 atom stereocenters. The Morgan fingerprint density at radius 3 is 2.55 bits per heavy atom. The Balaban J connectivity index is 1.38. The lowest BCUT2D eigenvalue weighted by molar-refractivity contribution is 0.0340. The number of H-pyrrole nitrogens is 1. The summed E-state index contributed by atoms with van der Waals surface area (Å²) in [7, 11) is -3.57. The lowest BCUT2D eigenvalue weighted by Crippen LogP contribution is -2.37. The zero-order chi connectivity index (χ0) is 21.7. The molecule has 31 heavy (non-hydrogen) atoms. The molecule has 0 unspecified atom stereocenters. The summed E-state index contributed by atoms with van der Waals surface area (Å²) < 4.78 is 32.5. The maximum atomic E-state index is 12.8. The van der Waals surface area contributed by atoms with Crippen LogP contribution in [0.1, 0.15) is 21.6 Å². The largest absolute Gasteiger partial charge is 0.379 e. The van der Waals surface area contributed by atoms with Crippen molar-refractivity contribution in [3.05, 3.63) is 53.3 Å². The van der Waals surface area contributed by atoms with Crippen molar-refractivity contribution in [3.8, 4) is 0 Å². The normalized spacial score (nSPS) is 18.7. The van der Waals surface area contributed by atoms with E-state index in [9.17, 15) is 13.2 Å². The topological polar surface area (TPSA) is 94.7 Å². The highest BCUT2D eigenvalue weighted by Gasteiger charge is 2.27. The van der Waals surface area contributed by atoms with E-state index >= 15 is 0 Å². The van der Waals surface area contributed by atoms with Gasteiger partial charge >= 0.3 is 0 Å². The maximum absolute atomic E-state index is 12.8. The van der Waals surface area contributed by atoms with Crippen molar-refractivity contribution < 1.29 is 17.9 Å². The van der Waals surface area contributed by atoms with Crippen molar-refractivity contribution in [2.75, 3.05) is 50.9 Å². The smallest absolute Gasteiger partial charge is 0.268 e. The number of sulfonamides is 1. The Morgan fingerprint density at radius 2 is 1.81 bits per heavy atom.